The number of anilines is 1. The molecule has 10 nitrogen and oxygen atoms in total. The van der Waals surface area contributed by atoms with Crippen LogP contribution in [0.1, 0.15) is 30.1 Å². The number of nitro groups is 1. The van der Waals surface area contributed by atoms with E-state index in [1.165, 1.54) is 10.9 Å². The van der Waals surface area contributed by atoms with Gasteiger partial charge in [0.25, 0.3) is 5.69 Å². The molecular weight excluding hydrogens is 448 g/mol. The van der Waals surface area contributed by atoms with Crippen LogP contribution in [0.15, 0.2) is 35.7 Å². The molecule has 32 heavy (non-hydrogen) atoms. The Balaban J connectivity index is 1.28. The quantitative estimate of drug-likeness (QED) is 0.298. The number of benzene rings is 1. The standard InChI is InChI=1S/C20H22N8O2S2/c1-2-17(19-22-23-24-27(19)13-15-4-3-11-31-15)25-7-9-26(10-8-25)20-21-16-12-14(28(29)30)5-6-18(16)32-20/h3-6,11-12,17H,2,7-10,13H2,1H3. The third-order valence-electron chi connectivity index (χ3n) is 5.73. The summed E-state index contributed by atoms with van der Waals surface area (Å²) in [6.07, 6.45) is 0.926. The minimum atomic E-state index is -0.381. The van der Waals surface area contributed by atoms with Crippen molar-refractivity contribution in [2.24, 2.45) is 0 Å². The van der Waals surface area contributed by atoms with Crippen LogP contribution < -0.4 is 4.90 Å². The Hall–Kier alpha value is -2.96. The summed E-state index contributed by atoms with van der Waals surface area (Å²) in [4.78, 5) is 21.2. The SMILES string of the molecule is CCC(c1nnnn1Cc1cccs1)N1CCN(c2nc3cc([N+](=O)[O-])ccc3s2)CC1. The summed E-state index contributed by atoms with van der Waals surface area (Å²) in [5.41, 5.74) is 0.756. The van der Waals surface area contributed by atoms with E-state index in [2.05, 4.69) is 48.7 Å². The number of hydrogen-bond donors (Lipinski definition) is 0. The molecule has 3 aromatic heterocycles. The number of nitrogens with zero attached hydrogens (tertiary/aromatic N) is 8. The summed E-state index contributed by atoms with van der Waals surface area (Å²) in [6.45, 7) is 6.28. The van der Waals surface area contributed by atoms with Crippen LogP contribution >= 0.6 is 22.7 Å². The zero-order valence-electron chi connectivity index (χ0n) is 17.5. The van der Waals surface area contributed by atoms with Crippen molar-refractivity contribution < 1.29 is 4.92 Å². The van der Waals surface area contributed by atoms with Crippen LogP contribution in [-0.4, -0.2) is 61.2 Å². The Morgan fingerprint density at radius 3 is 2.78 bits per heavy atom. The van der Waals surface area contributed by atoms with Gasteiger partial charge in [-0.2, -0.15) is 0 Å². The fourth-order valence-corrected chi connectivity index (χ4v) is 5.78. The summed E-state index contributed by atoms with van der Waals surface area (Å²) in [7, 11) is 0. The molecule has 1 aliphatic heterocycles. The Kier molecular flexibility index (Phi) is 5.81. The molecule has 1 saturated heterocycles. The molecule has 1 atom stereocenters. The number of piperazine rings is 1. The molecule has 1 aromatic carbocycles. The van der Waals surface area contributed by atoms with E-state index in [1.807, 2.05) is 10.7 Å². The molecule has 0 spiro atoms. The Morgan fingerprint density at radius 2 is 2.06 bits per heavy atom. The second kappa shape index (κ2) is 8.88. The van der Waals surface area contributed by atoms with Crippen molar-refractivity contribution in [1.29, 1.82) is 0 Å². The van der Waals surface area contributed by atoms with Gasteiger partial charge in [0, 0.05) is 43.2 Å². The van der Waals surface area contributed by atoms with Crippen LogP contribution in [0.3, 0.4) is 0 Å². The highest BCUT2D eigenvalue weighted by molar-refractivity contribution is 7.22. The maximum atomic E-state index is 11.0. The van der Waals surface area contributed by atoms with E-state index in [9.17, 15) is 10.1 Å². The maximum Gasteiger partial charge on any atom is 0.271 e. The maximum absolute atomic E-state index is 11.0. The third kappa shape index (κ3) is 4.08. The molecule has 0 N–H and O–H groups in total. The van der Waals surface area contributed by atoms with Gasteiger partial charge in [0.05, 0.1) is 27.7 Å². The third-order valence-corrected chi connectivity index (χ3v) is 7.68. The molecule has 5 rings (SSSR count). The van der Waals surface area contributed by atoms with E-state index in [4.69, 9.17) is 0 Å². The summed E-state index contributed by atoms with van der Waals surface area (Å²) in [5, 5.41) is 26.6. The van der Waals surface area contributed by atoms with Crippen molar-refractivity contribution in [3.05, 3.63) is 56.5 Å². The Morgan fingerprint density at radius 1 is 1.22 bits per heavy atom. The largest absolute Gasteiger partial charge is 0.345 e. The van der Waals surface area contributed by atoms with Crippen LogP contribution in [0.25, 0.3) is 10.2 Å². The first kappa shape index (κ1) is 20.9. The summed E-state index contributed by atoms with van der Waals surface area (Å²) < 4.78 is 2.87. The molecule has 0 bridgehead atoms. The highest BCUT2D eigenvalue weighted by atomic mass is 32.1. The average molecular weight is 471 g/mol. The predicted octanol–water partition coefficient (Wildman–Crippen LogP) is 3.57. The number of thiophene rings is 1. The van der Waals surface area contributed by atoms with Crippen molar-refractivity contribution in [3.8, 4) is 0 Å². The Bertz CT molecular complexity index is 1210. The van der Waals surface area contributed by atoms with Crippen molar-refractivity contribution in [3.63, 3.8) is 0 Å². The van der Waals surface area contributed by atoms with E-state index >= 15 is 0 Å². The predicted molar refractivity (Wildman–Crippen MR) is 124 cm³/mol. The van der Waals surface area contributed by atoms with Crippen LogP contribution in [-0.2, 0) is 6.54 Å². The van der Waals surface area contributed by atoms with Gasteiger partial charge in [-0.25, -0.2) is 9.67 Å². The topological polar surface area (TPSA) is 106 Å². The molecule has 1 unspecified atom stereocenters. The van der Waals surface area contributed by atoms with Gasteiger partial charge in [0.1, 0.15) is 0 Å². The highest BCUT2D eigenvalue weighted by Crippen LogP contribution is 2.32. The first-order chi connectivity index (χ1) is 15.6. The average Bonchev–Trinajstić information content (AvgIpc) is 3.56. The molecule has 0 aliphatic carbocycles. The Labute approximate surface area is 192 Å². The van der Waals surface area contributed by atoms with E-state index in [0.29, 0.717) is 12.1 Å². The van der Waals surface area contributed by atoms with Gasteiger partial charge < -0.3 is 4.90 Å². The molecule has 4 heterocycles. The van der Waals surface area contributed by atoms with Crippen molar-refractivity contribution in [2.75, 3.05) is 31.1 Å². The summed E-state index contributed by atoms with van der Waals surface area (Å²) in [6, 6.07) is 9.17. The van der Waals surface area contributed by atoms with E-state index in [-0.39, 0.29) is 16.7 Å². The first-order valence-electron chi connectivity index (χ1n) is 10.4. The fourth-order valence-electron chi connectivity index (χ4n) is 4.09. The molecule has 1 aliphatic rings. The highest BCUT2D eigenvalue weighted by Gasteiger charge is 2.29. The molecule has 166 valence electrons. The van der Waals surface area contributed by atoms with Crippen LogP contribution in [0, 0.1) is 10.1 Å². The lowest BCUT2D eigenvalue weighted by atomic mass is 10.1. The van der Waals surface area contributed by atoms with Gasteiger partial charge in [-0.15, -0.1) is 16.4 Å². The van der Waals surface area contributed by atoms with E-state index in [0.717, 1.165) is 48.3 Å². The molecular formula is C20H22N8O2S2. The first-order valence-corrected chi connectivity index (χ1v) is 12.1. The molecule has 12 heteroatoms. The number of rotatable bonds is 7. The van der Waals surface area contributed by atoms with Gasteiger partial charge >= 0.3 is 0 Å². The minimum absolute atomic E-state index is 0.0743. The van der Waals surface area contributed by atoms with Gasteiger partial charge in [-0.3, -0.25) is 15.0 Å². The van der Waals surface area contributed by atoms with E-state index in [1.54, 1.807) is 34.8 Å². The minimum Gasteiger partial charge on any atom is -0.345 e. The number of tetrazole rings is 1. The van der Waals surface area contributed by atoms with Crippen LogP contribution in [0.4, 0.5) is 10.8 Å². The van der Waals surface area contributed by atoms with Gasteiger partial charge in [0.15, 0.2) is 11.0 Å². The van der Waals surface area contributed by atoms with Gasteiger partial charge in [0.2, 0.25) is 0 Å². The number of thiazole rings is 1. The zero-order chi connectivity index (χ0) is 22.1. The second-order valence-corrected chi connectivity index (χ2v) is 9.67. The van der Waals surface area contributed by atoms with Crippen molar-refractivity contribution in [1.82, 2.24) is 30.1 Å². The smallest absolute Gasteiger partial charge is 0.271 e. The fraction of sp³-hybridized carbons (Fsp3) is 0.400. The molecule has 4 aromatic rings. The number of hydrogen-bond acceptors (Lipinski definition) is 10. The number of nitro benzene ring substituents is 1. The number of fused-ring (bicyclic) bond motifs is 1. The van der Waals surface area contributed by atoms with Crippen molar-refractivity contribution >= 4 is 43.7 Å². The van der Waals surface area contributed by atoms with Gasteiger partial charge in [-0.05, 0) is 34.4 Å². The van der Waals surface area contributed by atoms with Crippen molar-refractivity contribution in [2.45, 2.75) is 25.9 Å². The van der Waals surface area contributed by atoms with E-state index < -0.39 is 0 Å². The summed E-state index contributed by atoms with van der Waals surface area (Å²) >= 11 is 3.29. The lowest BCUT2D eigenvalue weighted by Gasteiger charge is -2.38. The summed E-state index contributed by atoms with van der Waals surface area (Å²) in [5.74, 6) is 0.904. The lowest BCUT2D eigenvalue weighted by molar-refractivity contribution is -0.384. The lowest BCUT2D eigenvalue weighted by Crippen LogP contribution is -2.48. The molecule has 0 amide bonds. The van der Waals surface area contributed by atoms with Crippen LogP contribution in [0.2, 0.25) is 0 Å². The molecule has 0 radical (unpaired) electrons. The molecule has 0 saturated carbocycles. The normalized spacial score (nSPS) is 16.0. The van der Waals surface area contributed by atoms with Crippen LogP contribution in [0.5, 0.6) is 0 Å². The van der Waals surface area contributed by atoms with Gasteiger partial charge in [-0.1, -0.05) is 24.3 Å². The molecule has 1 fully saturated rings. The monoisotopic (exact) mass is 470 g/mol. The number of aromatic nitrogens is 5. The zero-order valence-corrected chi connectivity index (χ0v) is 19.1. The number of non-ortho nitro benzene ring substituents is 1. The second-order valence-electron chi connectivity index (χ2n) is 7.63.